The second-order valence-electron chi connectivity index (χ2n) is 4.31. The van der Waals surface area contributed by atoms with E-state index < -0.39 is 0 Å². The van der Waals surface area contributed by atoms with Crippen LogP contribution in [-0.2, 0) is 20.2 Å². The molecular formula is C14H18BrN3O2. The zero-order valence-electron chi connectivity index (χ0n) is 11.6. The lowest BCUT2D eigenvalue weighted by Gasteiger charge is -2.14. The van der Waals surface area contributed by atoms with Gasteiger partial charge in [-0.15, -0.1) is 0 Å². The van der Waals surface area contributed by atoms with Crippen molar-refractivity contribution in [1.82, 2.24) is 9.78 Å². The van der Waals surface area contributed by atoms with Crippen molar-refractivity contribution in [2.75, 3.05) is 6.61 Å². The summed E-state index contributed by atoms with van der Waals surface area (Å²) in [7, 11) is 1.88. The highest BCUT2D eigenvalue weighted by atomic mass is 79.9. The number of hydrogen-bond acceptors (Lipinski definition) is 4. The highest BCUT2D eigenvalue weighted by Gasteiger charge is 2.12. The van der Waals surface area contributed by atoms with Crippen molar-refractivity contribution in [3.63, 3.8) is 0 Å². The molecule has 0 radical (unpaired) electrons. The Kier molecular flexibility index (Phi) is 5.03. The predicted molar refractivity (Wildman–Crippen MR) is 80.7 cm³/mol. The fourth-order valence-corrected chi connectivity index (χ4v) is 2.43. The van der Waals surface area contributed by atoms with Gasteiger partial charge in [-0.1, -0.05) is 0 Å². The maximum absolute atomic E-state index is 5.83. The van der Waals surface area contributed by atoms with Crippen LogP contribution in [0.3, 0.4) is 0 Å². The third-order valence-corrected chi connectivity index (χ3v) is 3.33. The Bertz CT molecular complexity index is 584. The van der Waals surface area contributed by atoms with Crippen LogP contribution in [-0.4, -0.2) is 16.4 Å². The summed E-state index contributed by atoms with van der Waals surface area (Å²) >= 11 is 3.50. The molecule has 0 saturated heterocycles. The lowest BCUT2D eigenvalue weighted by atomic mass is 10.2. The van der Waals surface area contributed by atoms with E-state index in [0.717, 1.165) is 15.7 Å². The van der Waals surface area contributed by atoms with E-state index in [4.69, 9.17) is 15.2 Å². The maximum Gasteiger partial charge on any atom is 0.175 e. The van der Waals surface area contributed by atoms with Gasteiger partial charge < -0.3 is 15.2 Å². The largest absolute Gasteiger partial charge is 0.490 e. The molecule has 0 bridgehead atoms. The fourth-order valence-electron chi connectivity index (χ4n) is 1.83. The average Bonchev–Trinajstić information content (AvgIpc) is 2.83. The highest BCUT2D eigenvalue weighted by Crippen LogP contribution is 2.37. The number of nitrogens with two attached hydrogens (primary N) is 1. The summed E-state index contributed by atoms with van der Waals surface area (Å²) in [5, 5.41) is 4.28. The van der Waals surface area contributed by atoms with Gasteiger partial charge in [-0.2, -0.15) is 5.10 Å². The summed E-state index contributed by atoms with van der Waals surface area (Å²) in [6, 6.07) is 5.76. The summed E-state index contributed by atoms with van der Waals surface area (Å²) < 4.78 is 14.0. The van der Waals surface area contributed by atoms with E-state index in [1.54, 1.807) is 4.68 Å². The molecule has 0 amide bonds. The van der Waals surface area contributed by atoms with Gasteiger partial charge in [-0.3, -0.25) is 4.68 Å². The third kappa shape index (κ3) is 3.52. The number of ether oxygens (including phenoxy) is 2. The molecule has 0 aliphatic carbocycles. The molecular weight excluding hydrogens is 322 g/mol. The number of halogens is 1. The molecule has 0 fully saturated rings. The van der Waals surface area contributed by atoms with Gasteiger partial charge in [0.05, 0.1) is 16.8 Å². The van der Waals surface area contributed by atoms with Crippen LogP contribution in [0.2, 0.25) is 0 Å². The van der Waals surface area contributed by atoms with E-state index in [0.29, 0.717) is 31.3 Å². The minimum atomic E-state index is 0.390. The van der Waals surface area contributed by atoms with Crippen LogP contribution in [0.4, 0.5) is 0 Å². The quantitative estimate of drug-likeness (QED) is 0.878. The minimum absolute atomic E-state index is 0.390. The van der Waals surface area contributed by atoms with E-state index in [-0.39, 0.29) is 0 Å². The van der Waals surface area contributed by atoms with Crippen molar-refractivity contribution in [1.29, 1.82) is 0 Å². The second kappa shape index (κ2) is 6.76. The molecule has 0 aliphatic rings. The number of benzene rings is 1. The molecule has 2 rings (SSSR count). The molecule has 5 nitrogen and oxygen atoms in total. The van der Waals surface area contributed by atoms with Gasteiger partial charge in [0.1, 0.15) is 6.61 Å². The average molecular weight is 340 g/mol. The van der Waals surface area contributed by atoms with Gasteiger partial charge >= 0.3 is 0 Å². The van der Waals surface area contributed by atoms with Crippen LogP contribution in [0, 0.1) is 0 Å². The number of rotatable bonds is 6. The van der Waals surface area contributed by atoms with E-state index >= 15 is 0 Å². The monoisotopic (exact) mass is 339 g/mol. The molecule has 2 N–H and O–H groups in total. The molecule has 0 saturated carbocycles. The molecule has 0 spiro atoms. The van der Waals surface area contributed by atoms with Crippen molar-refractivity contribution in [2.45, 2.75) is 20.1 Å². The first-order valence-electron chi connectivity index (χ1n) is 6.40. The lowest BCUT2D eigenvalue weighted by molar-refractivity contribution is 0.264. The molecule has 2 aromatic rings. The number of aromatic nitrogens is 2. The van der Waals surface area contributed by atoms with Crippen LogP contribution in [0.25, 0.3) is 0 Å². The standard InChI is InChI=1S/C14H18BrN3O2/c1-3-19-13-7-10(8-16)6-12(15)14(13)20-9-11-4-5-18(2)17-11/h4-7H,3,8-9,16H2,1-2H3. The molecule has 20 heavy (non-hydrogen) atoms. The summed E-state index contributed by atoms with van der Waals surface area (Å²) in [4.78, 5) is 0. The summed E-state index contributed by atoms with van der Waals surface area (Å²) in [6.45, 7) is 3.35. The molecule has 108 valence electrons. The SMILES string of the molecule is CCOc1cc(CN)cc(Br)c1OCc1ccn(C)n1. The van der Waals surface area contributed by atoms with Gasteiger partial charge in [0.25, 0.3) is 0 Å². The maximum atomic E-state index is 5.83. The van der Waals surface area contributed by atoms with Crippen LogP contribution in [0.5, 0.6) is 11.5 Å². The Hall–Kier alpha value is -1.53. The first kappa shape index (κ1) is 14.9. The van der Waals surface area contributed by atoms with E-state index in [9.17, 15) is 0 Å². The van der Waals surface area contributed by atoms with Crippen molar-refractivity contribution < 1.29 is 9.47 Å². The van der Waals surface area contributed by atoms with Gasteiger partial charge in [-0.05, 0) is 46.6 Å². The van der Waals surface area contributed by atoms with Gasteiger partial charge in [0, 0.05) is 19.8 Å². The Morgan fingerprint density at radius 3 is 2.75 bits per heavy atom. The van der Waals surface area contributed by atoms with Gasteiger partial charge in [0.15, 0.2) is 11.5 Å². The van der Waals surface area contributed by atoms with Crippen LogP contribution in [0.15, 0.2) is 28.9 Å². The van der Waals surface area contributed by atoms with Gasteiger partial charge in [-0.25, -0.2) is 0 Å². The Balaban J connectivity index is 2.20. The van der Waals surface area contributed by atoms with Crippen molar-refractivity contribution in [3.8, 4) is 11.5 Å². The smallest absolute Gasteiger partial charge is 0.175 e. The Labute approximate surface area is 126 Å². The lowest BCUT2D eigenvalue weighted by Crippen LogP contribution is -2.04. The third-order valence-electron chi connectivity index (χ3n) is 2.74. The predicted octanol–water partition coefficient (Wildman–Crippen LogP) is 2.62. The Morgan fingerprint density at radius 2 is 2.15 bits per heavy atom. The highest BCUT2D eigenvalue weighted by molar-refractivity contribution is 9.10. The summed E-state index contributed by atoms with van der Waals surface area (Å²) in [5.74, 6) is 1.37. The topological polar surface area (TPSA) is 62.3 Å². The molecule has 0 aliphatic heterocycles. The number of hydrogen-bond donors (Lipinski definition) is 1. The molecule has 0 unspecified atom stereocenters. The Morgan fingerprint density at radius 1 is 1.35 bits per heavy atom. The first-order chi connectivity index (χ1) is 9.63. The van der Waals surface area contributed by atoms with Crippen molar-refractivity contribution in [2.24, 2.45) is 12.8 Å². The van der Waals surface area contributed by atoms with Crippen LogP contribution in [0.1, 0.15) is 18.2 Å². The van der Waals surface area contributed by atoms with E-state index in [1.807, 2.05) is 38.4 Å². The van der Waals surface area contributed by atoms with Gasteiger partial charge in [0.2, 0.25) is 0 Å². The molecule has 1 heterocycles. The summed E-state index contributed by atoms with van der Waals surface area (Å²) in [6.07, 6.45) is 1.88. The molecule has 6 heteroatoms. The molecule has 1 aromatic heterocycles. The van der Waals surface area contributed by atoms with Crippen LogP contribution < -0.4 is 15.2 Å². The minimum Gasteiger partial charge on any atom is -0.490 e. The van der Waals surface area contributed by atoms with E-state index in [2.05, 4.69) is 21.0 Å². The fraction of sp³-hybridized carbons (Fsp3) is 0.357. The van der Waals surface area contributed by atoms with E-state index in [1.165, 1.54) is 0 Å². The molecule has 0 atom stereocenters. The first-order valence-corrected chi connectivity index (χ1v) is 7.20. The summed E-state index contributed by atoms with van der Waals surface area (Å²) in [5.41, 5.74) is 7.53. The number of aryl methyl sites for hydroxylation is 1. The zero-order valence-corrected chi connectivity index (χ0v) is 13.2. The second-order valence-corrected chi connectivity index (χ2v) is 5.17. The van der Waals surface area contributed by atoms with Crippen molar-refractivity contribution in [3.05, 3.63) is 40.1 Å². The van der Waals surface area contributed by atoms with Crippen LogP contribution >= 0.6 is 15.9 Å². The van der Waals surface area contributed by atoms with Crippen molar-refractivity contribution >= 4 is 15.9 Å². The molecule has 1 aromatic carbocycles. The zero-order chi connectivity index (χ0) is 14.5. The normalized spacial score (nSPS) is 10.6. The number of nitrogens with zero attached hydrogens (tertiary/aromatic N) is 2.